The maximum atomic E-state index is 12.9. The number of nitrogens with one attached hydrogen (secondary N) is 1. The Hall–Kier alpha value is -3.62. The lowest BCUT2D eigenvalue weighted by Crippen LogP contribution is -2.20. The Morgan fingerprint density at radius 2 is 1.62 bits per heavy atom. The predicted octanol–water partition coefficient (Wildman–Crippen LogP) is 6.06. The molecule has 4 rings (SSSR count). The molecule has 0 fully saturated rings. The molecule has 1 N–H and O–H groups in total. The molecule has 0 atom stereocenters. The highest BCUT2D eigenvalue weighted by Crippen LogP contribution is 2.31. The van der Waals surface area contributed by atoms with Crippen LogP contribution in [0.2, 0.25) is 0 Å². The molecule has 2 aromatic carbocycles. The minimum atomic E-state index is -4.35. The van der Waals surface area contributed by atoms with Gasteiger partial charge in [0.1, 0.15) is 5.82 Å². The zero-order chi connectivity index (χ0) is 26.4. The second-order valence-electron chi connectivity index (χ2n) is 9.03. The quantitative estimate of drug-likeness (QED) is 0.335. The Bertz CT molecular complexity index is 1250. The van der Waals surface area contributed by atoms with Crippen LogP contribution in [0.4, 0.5) is 13.2 Å². The Labute approximate surface area is 214 Å². The van der Waals surface area contributed by atoms with Crippen molar-refractivity contribution in [3.8, 4) is 11.1 Å². The van der Waals surface area contributed by atoms with E-state index in [9.17, 15) is 18.0 Å². The van der Waals surface area contributed by atoms with Gasteiger partial charge in [0.2, 0.25) is 0 Å². The van der Waals surface area contributed by atoms with Gasteiger partial charge in [-0.1, -0.05) is 43.3 Å². The number of rotatable bonds is 10. The highest BCUT2D eigenvalue weighted by atomic mass is 19.4. The third kappa shape index (κ3) is 6.39. The van der Waals surface area contributed by atoms with Crippen molar-refractivity contribution in [3.05, 3.63) is 82.6 Å². The van der Waals surface area contributed by atoms with Gasteiger partial charge in [0.15, 0.2) is 5.82 Å². The molecule has 0 aliphatic heterocycles. The summed E-state index contributed by atoms with van der Waals surface area (Å²) < 4.78 is 45.9. The zero-order valence-corrected chi connectivity index (χ0v) is 21.1. The molecule has 3 aromatic rings. The van der Waals surface area contributed by atoms with Gasteiger partial charge >= 0.3 is 12.1 Å². The van der Waals surface area contributed by atoms with E-state index in [1.807, 2.05) is 24.3 Å². The van der Waals surface area contributed by atoms with Crippen LogP contribution in [0.3, 0.4) is 0 Å². The van der Waals surface area contributed by atoms with E-state index in [2.05, 4.69) is 27.0 Å². The van der Waals surface area contributed by atoms with Crippen molar-refractivity contribution >= 4 is 5.97 Å². The molecule has 6 nitrogen and oxygen atoms in total. The van der Waals surface area contributed by atoms with Gasteiger partial charge in [-0.25, -0.2) is 4.79 Å². The molecule has 1 aromatic heterocycles. The van der Waals surface area contributed by atoms with Crippen molar-refractivity contribution in [2.75, 3.05) is 6.61 Å². The number of nitrogens with zero attached hydrogens (tertiary/aromatic N) is 3. The third-order valence-electron chi connectivity index (χ3n) is 6.42. The van der Waals surface area contributed by atoms with E-state index in [1.54, 1.807) is 6.92 Å². The van der Waals surface area contributed by atoms with Crippen molar-refractivity contribution < 1.29 is 22.7 Å². The summed E-state index contributed by atoms with van der Waals surface area (Å²) in [6, 6.07) is 12.9. The van der Waals surface area contributed by atoms with Gasteiger partial charge in [-0.3, -0.25) is 0 Å². The summed E-state index contributed by atoms with van der Waals surface area (Å²) in [5, 5.41) is 12.2. The Morgan fingerprint density at radius 3 is 2.24 bits per heavy atom. The summed E-state index contributed by atoms with van der Waals surface area (Å²) in [6.45, 7) is 5.25. The molecule has 1 heterocycles. The van der Waals surface area contributed by atoms with Crippen LogP contribution in [0, 0.1) is 0 Å². The summed E-state index contributed by atoms with van der Waals surface area (Å²) in [4.78, 5) is 12.3. The third-order valence-corrected chi connectivity index (χ3v) is 6.42. The van der Waals surface area contributed by atoms with Crippen LogP contribution in [0.5, 0.6) is 0 Å². The molecule has 196 valence electrons. The van der Waals surface area contributed by atoms with Crippen molar-refractivity contribution in [2.45, 2.75) is 65.2 Å². The second-order valence-corrected chi connectivity index (χ2v) is 9.03. The average Bonchev–Trinajstić information content (AvgIpc) is 3.50. The molecule has 0 unspecified atom stereocenters. The number of ether oxygens (including phenoxy) is 1. The molecular formula is C28H31F3N4O2. The number of aryl methyl sites for hydroxylation is 1. The summed E-state index contributed by atoms with van der Waals surface area (Å²) >= 11 is 0. The fourth-order valence-electron chi connectivity index (χ4n) is 4.50. The molecule has 0 bridgehead atoms. The van der Waals surface area contributed by atoms with Gasteiger partial charge in [-0.2, -0.15) is 13.2 Å². The van der Waals surface area contributed by atoms with Crippen LogP contribution in [0.25, 0.3) is 11.1 Å². The van der Waals surface area contributed by atoms with Crippen molar-refractivity contribution in [1.82, 2.24) is 20.1 Å². The molecule has 1 aliphatic rings. The number of alkyl halides is 3. The van der Waals surface area contributed by atoms with Crippen LogP contribution in [0.1, 0.15) is 62.3 Å². The van der Waals surface area contributed by atoms with Gasteiger partial charge < -0.3 is 14.6 Å². The molecule has 0 spiro atoms. The van der Waals surface area contributed by atoms with Crippen LogP contribution in [0.15, 0.2) is 59.8 Å². The minimum absolute atomic E-state index is 0.260. The number of carbonyl (C=O) groups excluding carboxylic acids is 1. The standard InChI is InChI=1S/C28H31F3N4O2/c1-3-6-25-33-34-26(17-32-24-8-5-7-23(24)27(36)37-4-2)35(25)18-19-9-11-20(12-10-19)21-13-15-22(16-14-21)28(29,30)31/h9-16,32H,3-8,17-18H2,1-2H3. The van der Waals surface area contributed by atoms with E-state index in [-0.39, 0.29) is 5.97 Å². The zero-order valence-electron chi connectivity index (χ0n) is 21.1. The lowest BCUT2D eigenvalue weighted by Gasteiger charge is -2.14. The lowest BCUT2D eigenvalue weighted by molar-refractivity contribution is -0.139. The summed E-state index contributed by atoms with van der Waals surface area (Å²) in [5.41, 5.74) is 3.56. The van der Waals surface area contributed by atoms with E-state index in [1.165, 1.54) is 12.1 Å². The fraction of sp³-hybridized carbons (Fsp3) is 0.393. The summed E-state index contributed by atoms with van der Waals surface area (Å²) in [6.07, 6.45) is -0.214. The molecule has 1 aliphatic carbocycles. The van der Waals surface area contributed by atoms with Gasteiger partial charge in [0, 0.05) is 12.1 Å². The largest absolute Gasteiger partial charge is 0.463 e. The molecule has 9 heteroatoms. The van der Waals surface area contributed by atoms with Crippen LogP contribution < -0.4 is 5.32 Å². The number of carbonyl (C=O) groups is 1. The van der Waals surface area contributed by atoms with E-state index in [0.717, 1.165) is 71.9 Å². The first kappa shape index (κ1) is 26.4. The van der Waals surface area contributed by atoms with Crippen molar-refractivity contribution in [3.63, 3.8) is 0 Å². The smallest absolute Gasteiger partial charge is 0.416 e. The molecule has 0 radical (unpaired) electrons. The molecule has 37 heavy (non-hydrogen) atoms. The lowest BCUT2D eigenvalue weighted by atomic mass is 10.0. The second kappa shape index (κ2) is 11.6. The number of esters is 1. The van der Waals surface area contributed by atoms with Crippen LogP contribution in [-0.4, -0.2) is 27.3 Å². The first-order chi connectivity index (χ1) is 17.8. The Kier molecular flexibility index (Phi) is 8.31. The average molecular weight is 513 g/mol. The number of hydrogen-bond donors (Lipinski definition) is 1. The molecule has 0 saturated heterocycles. The number of hydrogen-bond acceptors (Lipinski definition) is 5. The SMILES string of the molecule is CCCc1nnc(CNC2=C(C(=O)OCC)CCC2)n1Cc1ccc(-c2ccc(C(F)(F)F)cc2)cc1. The first-order valence-electron chi connectivity index (χ1n) is 12.6. The van der Waals surface area contributed by atoms with Gasteiger partial charge in [0.25, 0.3) is 0 Å². The topological polar surface area (TPSA) is 69.0 Å². The number of aromatic nitrogens is 3. The monoisotopic (exact) mass is 512 g/mol. The number of benzene rings is 2. The number of halogens is 3. The highest BCUT2D eigenvalue weighted by Gasteiger charge is 2.30. The van der Waals surface area contributed by atoms with E-state index in [4.69, 9.17) is 4.74 Å². The minimum Gasteiger partial charge on any atom is -0.463 e. The summed E-state index contributed by atoms with van der Waals surface area (Å²) in [5.74, 6) is 1.40. The normalized spacial score (nSPS) is 13.8. The van der Waals surface area contributed by atoms with Gasteiger partial charge in [-0.05, 0) is 61.4 Å². The Balaban J connectivity index is 1.49. The Morgan fingerprint density at radius 1 is 0.973 bits per heavy atom. The molecular weight excluding hydrogens is 481 g/mol. The maximum Gasteiger partial charge on any atom is 0.416 e. The van der Waals surface area contributed by atoms with E-state index >= 15 is 0 Å². The van der Waals surface area contributed by atoms with Crippen LogP contribution >= 0.6 is 0 Å². The highest BCUT2D eigenvalue weighted by molar-refractivity contribution is 5.89. The van der Waals surface area contributed by atoms with Crippen LogP contribution in [-0.2, 0) is 35.2 Å². The van der Waals surface area contributed by atoms with Gasteiger partial charge in [-0.15, -0.1) is 10.2 Å². The van der Waals surface area contributed by atoms with Gasteiger partial charge in [0.05, 0.1) is 30.8 Å². The van der Waals surface area contributed by atoms with Crippen molar-refractivity contribution in [2.24, 2.45) is 0 Å². The fourth-order valence-corrected chi connectivity index (χ4v) is 4.50. The van der Waals surface area contributed by atoms with E-state index < -0.39 is 11.7 Å². The maximum absolute atomic E-state index is 12.9. The number of allylic oxidation sites excluding steroid dienone is 1. The predicted molar refractivity (Wildman–Crippen MR) is 134 cm³/mol. The van der Waals surface area contributed by atoms with Crippen molar-refractivity contribution in [1.29, 1.82) is 0 Å². The molecule has 0 amide bonds. The first-order valence-corrected chi connectivity index (χ1v) is 12.6. The van der Waals surface area contributed by atoms with E-state index in [0.29, 0.717) is 31.7 Å². The molecule has 0 saturated carbocycles. The summed E-state index contributed by atoms with van der Waals surface area (Å²) in [7, 11) is 0.